The van der Waals surface area contributed by atoms with Gasteiger partial charge in [-0.15, -0.1) is 0 Å². The van der Waals surface area contributed by atoms with E-state index in [1.807, 2.05) is 25.6 Å². The summed E-state index contributed by atoms with van der Waals surface area (Å²) in [6, 6.07) is -0.504. The fraction of sp³-hybridized carbons (Fsp3) is 0.857. The highest BCUT2D eigenvalue weighted by Gasteiger charge is 2.24. The van der Waals surface area contributed by atoms with Crippen LogP contribution in [-0.4, -0.2) is 36.5 Å². The van der Waals surface area contributed by atoms with Crippen molar-refractivity contribution in [3.05, 3.63) is 0 Å². The van der Waals surface area contributed by atoms with Gasteiger partial charge in [0.25, 0.3) is 0 Å². The predicted octanol–water partition coefficient (Wildman–Crippen LogP) is 2.22. The molecule has 0 aliphatic carbocycles. The quantitative estimate of drug-likeness (QED) is 0.761. The third-order valence-electron chi connectivity index (χ3n) is 3.34. The number of nitrogens with one attached hydrogen (secondary N) is 1. The molecule has 4 nitrogen and oxygen atoms in total. The lowest BCUT2D eigenvalue weighted by molar-refractivity contribution is -0.145. The van der Waals surface area contributed by atoms with Crippen LogP contribution in [0.3, 0.4) is 0 Å². The molecule has 110 valence electrons. The predicted molar refractivity (Wildman–Crippen MR) is 78.1 cm³/mol. The van der Waals surface area contributed by atoms with Crippen LogP contribution in [0.5, 0.6) is 0 Å². The molecule has 1 amide bonds. The summed E-state index contributed by atoms with van der Waals surface area (Å²) in [7, 11) is 1.36. The molecule has 1 unspecified atom stereocenters. The van der Waals surface area contributed by atoms with Crippen LogP contribution in [0.15, 0.2) is 0 Å². The minimum absolute atomic E-state index is 0.0204. The van der Waals surface area contributed by atoms with Gasteiger partial charge in [-0.05, 0) is 42.6 Å². The van der Waals surface area contributed by atoms with E-state index in [1.165, 1.54) is 7.11 Å². The third-order valence-corrected chi connectivity index (χ3v) is 4.39. The van der Waals surface area contributed by atoms with Gasteiger partial charge in [0, 0.05) is 6.42 Å². The summed E-state index contributed by atoms with van der Waals surface area (Å²) in [4.78, 5) is 23.6. The van der Waals surface area contributed by atoms with Crippen molar-refractivity contribution in [3.8, 4) is 0 Å². The normalized spacial score (nSPS) is 18.1. The van der Waals surface area contributed by atoms with Crippen molar-refractivity contribution in [1.82, 2.24) is 5.32 Å². The first-order valence-corrected chi connectivity index (χ1v) is 8.13. The molecule has 0 aromatic carbocycles. The van der Waals surface area contributed by atoms with Gasteiger partial charge in [-0.3, -0.25) is 4.79 Å². The van der Waals surface area contributed by atoms with Crippen LogP contribution in [0.1, 0.15) is 39.5 Å². The number of rotatable bonds is 6. The summed E-state index contributed by atoms with van der Waals surface area (Å²) >= 11 is 1.95. The summed E-state index contributed by atoms with van der Waals surface area (Å²) in [5.41, 5.74) is 0. The topological polar surface area (TPSA) is 55.4 Å². The second kappa shape index (κ2) is 8.46. The van der Waals surface area contributed by atoms with Gasteiger partial charge in [0.2, 0.25) is 5.91 Å². The van der Waals surface area contributed by atoms with Gasteiger partial charge in [0.15, 0.2) is 0 Å². The molecule has 5 heteroatoms. The van der Waals surface area contributed by atoms with Crippen molar-refractivity contribution in [2.45, 2.75) is 45.6 Å². The van der Waals surface area contributed by atoms with Crippen molar-refractivity contribution in [2.24, 2.45) is 11.8 Å². The highest BCUT2D eigenvalue weighted by atomic mass is 32.2. The molecule has 0 saturated carbocycles. The van der Waals surface area contributed by atoms with E-state index in [1.54, 1.807) is 0 Å². The van der Waals surface area contributed by atoms with Crippen LogP contribution in [0.2, 0.25) is 0 Å². The van der Waals surface area contributed by atoms with E-state index < -0.39 is 6.04 Å². The Kier molecular flexibility index (Phi) is 7.28. The Hall–Kier alpha value is -0.710. The first kappa shape index (κ1) is 16.3. The van der Waals surface area contributed by atoms with Gasteiger partial charge in [-0.25, -0.2) is 4.79 Å². The Bertz CT molecular complexity index is 301. The fourth-order valence-electron chi connectivity index (χ4n) is 2.29. The Morgan fingerprint density at radius 1 is 1.32 bits per heavy atom. The molecule has 1 N–H and O–H groups in total. The van der Waals surface area contributed by atoms with Crippen molar-refractivity contribution in [2.75, 3.05) is 18.6 Å². The van der Waals surface area contributed by atoms with Crippen molar-refractivity contribution in [1.29, 1.82) is 0 Å². The smallest absolute Gasteiger partial charge is 0.328 e. The van der Waals surface area contributed by atoms with Gasteiger partial charge in [-0.1, -0.05) is 13.8 Å². The maximum absolute atomic E-state index is 12.0. The van der Waals surface area contributed by atoms with E-state index in [0.717, 1.165) is 24.3 Å². The summed E-state index contributed by atoms with van der Waals surface area (Å²) in [6.45, 7) is 4.06. The molecule has 19 heavy (non-hydrogen) atoms. The van der Waals surface area contributed by atoms with E-state index in [0.29, 0.717) is 24.7 Å². The molecule has 1 saturated heterocycles. The molecule has 1 rings (SSSR count). The number of esters is 1. The fourth-order valence-corrected chi connectivity index (χ4v) is 3.50. The molecule has 0 radical (unpaired) electrons. The molecule has 1 atom stereocenters. The zero-order valence-electron chi connectivity index (χ0n) is 12.1. The number of carbonyl (C=O) groups is 2. The molecular weight excluding hydrogens is 262 g/mol. The van der Waals surface area contributed by atoms with Gasteiger partial charge in [0.1, 0.15) is 6.04 Å². The van der Waals surface area contributed by atoms with Crippen molar-refractivity contribution >= 4 is 23.6 Å². The van der Waals surface area contributed by atoms with Crippen LogP contribution in [-0.2, 0) is 14.3 Å². The van der Waals surface area contributed by atoms with Gasteiger partial charge in [0.05, 0.1) is 7.11 Å². The maximum atomic E-state index is 12.0. The third kappa shape index (κ3) is 6.32. The van der Waals surface area contributed by atoms with Crippen LogP contribution in [0.4, 0.5) is 0 Å². The highest BCUT2D eigenvalue weighted by Crippen LogP contribution is 2.25. The average Bonchev–Trinajstić information content (AvgIpc) is 2.37. The number of ether oxygens (including phenoxy) is 1. The first-order chi connectivity index (χ1) is 9.02. The van der Waals surface area contributed by atoms with Crippen LogP contribution >= 0.6 is 11.8 Å². The summed E-state index contributed by atoms with van der Waals surface area (Å²) in [6.07, 6.45) is 3.36. The van der Waals surface area contributed by atoms with E-state index >= 15 is 0 Å². The second-order valence-electron chi connectivity index (χ2n) is 5.53. The number of hydrogen-bond acceptors (Lipinski definition) is 4. The van der Waals surface area contributed by atoms with Gasteiger partial charge < -0.3 is 10.1 Å². The van der Waals surface area contributed by atoms with Crippen molar-refractivity contribution in [3.63, 3.8) is 0 Å². The largest absolute Gasteiger partial charge is 0.467 e. The standard InChI is InChI=1S/C14H25NO3S/c1-10(2)8-12(14(17)18-3)15-13(16)9-11-4-6-19-7-5-11/h10-12H,4-9H2,1-3H3,(H,15,16). The zero-order valence-corrected chi connectivity index (χ0v) is 12.9. The summed E-state index contributed by atoms with van der Waals surface area (Å²) in [5.74, 6) is 2.73. The molecule has 0 aromatic rings. The second-order valence-corrected chi connectivity index (χ2v) is 6.76. The van der Waals surface area contributed by atoms with Gasteiger partial charge in [-0.2, -0.15) is 11.8 Å². The first-order valence-electron chi connectivity index (χ1n) is 6.97. The minimum Gasteiger partial charge on any atom is -0.467 e. The number of amides is 1. The van der Waals surface area contributed by atoms with E-state index in [9.17, 15) is 9.59 Å². The molecule has 0 spiro atoms. The molecule has 0 bridgehead atoms. The lowest BCUT2D eigenvalue weighted by Crippen LogP contribution is -2.43. The Morgan fingerprint density at radius 3 is 2.47 bits per heavy atom. The number of thioether (sulfide) groups is 1. The zero-order chi connectivity index (χ0) is 14.3. The number of hydrogen-bond donors (Lipinski definition) is 1. The Labute approximate surface area is 120 Å². The lowest BCUT2D eigenvalue weighted by atomic mass is 9.97. The van der Waals surface area contributed by atoms with Crippen molar-refractivity contribution < 1.29 is 14.3 Å². The number of carbonyl (C=O) groups excluding carboxylic acids is 2. The van der Waals surface area contributed by atoms with Crippen LogP contribution in [0, 0.1) is 11.8 Å². The van der Waals surface area contributed by atoms with E-state index in [2.05, 4.69) is 5.32 Å². The molecule has 1 aliphatic heterocycles. The molecular formula is C14H25NO3S. The molecule has 1 fully saturated rings. The summed E-state index contributed by atoms with van der Waals surface area (Å²) in [5, 5.41) is 2.83. The number of methoxy groups -OCH3 is 1. The SMILES string of the molecule is COC(=O)C(CC(C)C)NC(=O)CC1CCSCC1. The molecule has 1 heterocycles. The highest BCUT2D eigenvalue weighted by molar-refractivity contribution is 7.99. The minimum atomic E-state index is -0.504. The average molecular weight is 287 g/mol. The molecule has 1 aliphatic rings. The lowest BCUT2D eigenvalue weighted by Gasteiger charge is -2.23. The summed E-state index contributed by atoms with van der Waals surface area (Å²) < 4.78 is 4.75. The monoisotopic (exact) mass is 287 g/mol. The Morgan fingerprint density at radius 2 is 1.95 bits per heavy atom. The molecule has 0 aromatic heterocycles. The maximum Gasteiger partial charge on any atom is 0.328 e. The van der Waals surface area contributed by atoms with Crippen LogP contribution in [0.25, 0.3) is 0 Å². The van der Waals surface area contributed by atoms with Crippen LogP contribution < -0.4 is 5.32 Å². The Balaban J connectivity index is 2.43. The van der Waals surface area contributed by atoms with E-state index in [-0.39, 0.29) is 11.9 Å². The van der Waals surface area contributed by atoms with Gasteiger partial charge >= 0.3 is 5.97 Å². The van der Waals surface area contributed by atoms with E-state index in [4.69, 9.17) is 4.74 Å².